The molecule has 1 saturated heterocycles. The zero-order valence-corrected chi connectivity index (χ0v) is 11.7. The van der Waals surface area contributed by atoms with Gasteiger partial charge in [0.25, 0.3) is 0 Å². The van der Waals surface area contributed by atoms with Gasteiger partial charge in [-0.05, 0) is 13.5 Å². The number of carbonyl (C=O) groups is 1. The van der Waals surface area contributed by atoms with Crippen molar-refractivity contribution in [1.29, 1.82) is 0 Å². The van der Waals surface area contributed by atoms with Crippen molar-refractivity contribution >= 4 is 5.91 Å². The summed E-state index contributed by atoms with van der Waals surface area (Å²) in [5.41, 5.74) is -0.785. The summed E-state index contributed by atoms with van der Waals surface area (Å²) in [6, 6.07) is -0.630. The Balaban J connectivity index is 2.63. The molecular weight excluding hydrogens is 277 g/mol. The fraction of sp³-hybridized carbons (Fsp3) is 0.917. The second-order valence-electron chi connectivity index (χ2n) is 5.72. The summed E-state index contributed by atoms with van der Waals surface area (Å²) in [6.45, 7) is 0.199. The highest BCUT2D eigenvalue weighted by molar-refractivity contribution is 5.84. The van der Waals surface area contributed by atoms with Gasteiger partial charge in [0.2, 0.25) is 5.91 Å². The molecule has 0 saturated carbocycles. The summed E-state index contributed by atoms with van der Waals surface area (Å²) in [6.07, 6.45) is -4.08. The van der Waals surface area contributed by atoms with Gasteiger partial charge in [0, 0.05) is 18.5 Å². The first-order chi connectivity index (χ1) is 9.12. The molecule has 0 aromatic rings. The summed E-state index contributed by atoms with van der Waals surface area (Å²) in [7, 11) is 1.61. The number of hydrogen-bond acceptors (Lipinski definition) is 4. The lowest BCUT2D eigenvalue weighted by Gasteiger charge is -2.33. The number of amides is 1. The van der Waals surface area contributed by atoms with Crippen molar-refractivity contribution in [2.24, 2.45) is 5.41 Å². The van der Waals surface area contributed by atoms with E-state index in [1.54, 1.807) is 18.9 Å². The van der Waals surface area contributed by atoms with Crippen LogP contribution >= 0.6 is 0 Å². The first kappa shape index (κ1) is 17.2. The molecule has 118 valence electrons. The molecule has 1 rings (SSSR count). The van der Waals surface area contributed by atoms with Crippen LogP contribution in [0.1, 0.15) is 13.3 Å². The fourth-order valence-electron chi connectivity index (χ4n) is 2.37. The molecule has 0 bridgehead atoms. The number of rotatable bonds is 6. The predicted octanol–water partition coefficient (Wildman–Crippen LogP) is 0.0723. The SMILES string of the molecule is CN(CC(C)(CO)CO)C1CCN(CC(F)(F)F)C1=O. The summed E-state index contributed by atoms with van der Waals surface area (Å²) >= 11 is 0. The maximum absolute atomic E-state index is 12.3. The van der Waals surface area contributed by atoms with Crippen molar-refractivity contribution < 1.29 is 28.2 Å². The van der Waals surface area contributed by atoms with Gasteiger partial charge >= 0.3 is 6.18 Å². The molecule has 1 unspecified atom stereocenters. The van der Waals surface area contributed by atoms with Crippen LogP contribution in [-0.2, 0) is 4.79 Å². The third kappa shape index (κ3) is 4.32. The number of carbonyl (C=O) groups excluding carboxylic acids is 1. The average molecular weight is 298 g/mol. The van der Waals surface area contributed by atoms with Crippen molar-refractivity contribution in [3.05, 3.63) is 0 Å². The molecule has 8 heteroatoms. The Hall–Kier alpha value is -0.860. The second-order valence-corrected chi connectivity index (χ2v) is 5.72. The molecule has 1 heterocycles. The van der Waals surface area contributed by atoms with Crippen molar-refractivity contribution in [3.8, 4) is 0 Å². The van der Waals surface area contributed by atoms with Crippen LogP contribution in [0, 0.1) is 5.41 Å². The number of aliphatic hydroxyl groups excluding tert-OH is 2. The summed E-state index contributed by atoms with van der Waals surface area (Å²) in [4.78, 5) is 14.4. The zero-order valence-electron chi connectivity index (χ0n) is 11.7. The van der Waals surface area contributed by atoms with Gasteiger partial charge in [-0.15, -0.1) is 0 Å². The third-order valence-electron chi connectivity index (χ3n) is 3.57. The van der Waals surface area contributed by atoms with Gasteiger partial charge in [0.15, 0.2) is 0 Å². The maximum Gasteiger partial charge on any atom is 0.406 e. The number of likely N-dealkylation sites (tertiary alicyclic amines) is 1. The van der Waals surface area contributed by atoms with Crippen LogP contribution in [0.15, 0.2) is 0 Å². The van der Waals surface area contributed by atoms with E-state index >= 15 is 0 Å². The lowest BCUT2D eigenvalue weighted by atomic mass is 9.92. The summed E-state index contributed by atoms with van der Waals surface area (Å²) in [5, 5.41) is 18.4. The van der Waals surface area contributed by atoms with Crippen molar-refractivity contribution in [1.82, 2.24) is 9.80 Å². The molecule has 1 fully saturated rings. The monoisotopic (exact) mass is 298 g/mol. The Morgan fingerprint density at radius 2 is 1.90 bits per heavy atom. The van der Waals surface area contributed by atoms with E-state index in [0.29, 0.717) is 6.42 Å². The molecular formula is C12H21F3N2O3. The normalized spacial score (nSPS) is 21.1. The van der Waals surface area contributed by atoms with Crippen molar-refractivity contribution in [2.45, 2.75) is 25.6 Å². The van der Waals surface area contributed by atoms with Gasteiger partial charge < -0.3 is 15.1 Å². The number of nitrogens with zero attached hydrogens (tertiary/aromatic N) is 2. The van der Waals surface area contributed by atoms with E-state index in [2.05, 4.69) is 0 Å². The van der Waals surface area contributed by atoms with E-state index in [4.69, 9.17) is 0 Å². The highest BCUT2D eigenvalue weighted by atomic mass is 19.4. The minimum absolute atomic E-state index is 0.0717. The molecule has 0 radical (unpaired) electrons. The van der Waals surface area contributed by atoms with Crippen LogP contribution in [0.4, 0.5) is 13.2 Å². The van der Waals surface area contributed by atoms with Crippen molar-refractivity contribution in [2.75, 3.05) is 39.9 Å². The minimum Gasteiger partial charge on any atom is -0.396 e. The Morgan fingerprint density at radius 3 is 2.35 bits per heavy atom. The standard InChI is InChI=1S/C12H21F3N2O3/c1-11(7-18,8-19)5-16(2)9-3-4-17(10(9)20)6-12(13,14)15/h9,18-19H,3-8H2,1-2H3. The molecule has 2 N–H and O–H groups in total. The highest BCUT2D eigenvalue weighted by Crippen LogP contribution is 2.25. The van der Waals surface area contributed by atoms with Gasteiger partial charge in [-0.3, -0.25) is 9.69 Å². The molecule has 1 aliphatic heterocycles. The molecule has 0 aromatic carbocycles. The van der Waals surface area contributed by atoms with Crippen LogP contribution < -0.4 is 0 Å². The molecule has 0 aliphatic carbocycles. The average Bonchev–Trinajstić information content (AvgIpc) is 2.69. The Kier molecular flexibility index (Phi) is 5.39. The van der Waals surface area contributed by atoms with Gasteiger partial charge in [-0.2, -0.15) is 13.2 Å². The number of aliphatic hydroxyl groups is 2. The van der Waals surface area contributed by atoms with Crippen molar-refractivity contribution in [3.63, 3.8) is 0 Å². The Labute approximate surface area is 116 Å². The Bertz CT molecular complexity index is 345. The lowest BCUT2D eigenvalue weighted by Crippen LogP contribution is -2.47. The summed E-state index contributed by atoms with van der Waals surface area (Å²) < 4.78 is 36.9. The quantitative estimate of drug-likeness (QED) is 0.728. The molecule has 0 spiro atoms. The van der Waals surface area contributed by atoms with Crippen LogP contribution in [0.5, 0.6) is 0 Å². The van der Waals surface area contributed by atoms with E-state index in [0.717, 1.165) is 4.90 Å². The molecule has 1 aliphatic rings. The van der Waals surface area contributed by atoms with Gasteiger partial charge in [-0.1, -0.05) is 6.92 Å². The third-order valence-corrected chi connectivity index (χ3v) is 3.57. The molecule has 20 heavy (non-hydrogen) atoms. The van der Waals surface area contributed by atoms with Crippen LogP contribution in [0.2, 0.25) is 0 Å². The van der Waals surface area contributed by atoms with E-state index in [1.165, 1.54) is 0 Å². The van der Waals surface area contributed by atoms with E-state index in [1.807, 2.05) is 0 Å². The number of halogens is 3. The maximum atomic E-state index is 12.3. The van der Waals surface area contributed by atoms with Gasteiger partial charge in [0.1, 0.15) is 6.54 Å². The fourth-order valence-corrected chi connectivity index (χ4v) is 2.37. The smallest absolute Gasteiger partial charge is 0.396 e. The van der Waals surface area contributed by atoms with Gasteiger partial charge in [-0.25, -0.2) is 0 Å². The minimum atomic E-state index is -4.40. The first-order valence-electron chi connectivity index (χ1n) is 6.39. The van der Waals surface area contributed by atoms with Gasteiger partial charge in [0.05, 0.1) is 19.3 Å². The lowest BCUT2D eigenvalue weighted by molar-refractivity contribution is -0.159. The first-order valence-corrected chi connectivity index (χ1v) is 6.39. The van der Waals surface area contributed by atoms with E-state index in [-0.39, 0.29) is 26.3 Å². The highest BCUT2D eigenvalue weighted by Gasteiger charge is 2.41. The largest absolute Gasteiger partial charge is 0.406 e. The van der Waals surface area contributed by atoms with Crippen LogP contribution in [0.3, 0.4) is 0 Å². The number of alkyl halides is 3. The molecule has 1 amide bonds. The topological polar surface area (TPSA) is 64.0 Å². The van der Waals surface area contributed by atoms with Crippen LogP contribution in [0.25, 0.3) is 0 Å². The molecule has 1 atom stereocenters. The predicted molar refractivity (Wildman–Crippen MR) is 65.9 cm³/mol. The van der Waals surface area contributed by atoms with E-state index < -0.39 is 30.1 Å². The second kappa shape index (κ2) is 6.28. The zero-order chi connectivity index (χ0) is 15.6. The summed E-state index contributed by atoms with van der Waals surface area (Å²) in [5.74, 6) is -0.553. The number of hydrogen-bond donors (Lipinski definition) is 2. The van der Waals surface area contributed by atoms with Crippen LogP contribution in [-0.4, -0.2) is 78.0 Å². The Morgan fingerprint density at radius 1 is 1.35 bits per heavy atom. The van der Waals surface area contributed by atoms with E-state index in [9.17, 15) is 28.2 Å². The number of likely N-dealkylation sites (N-methyl/N-ethyl adjacent to an activating group) is 1. The molecule has 0 aromatic heterocycles. The molecule has 5 nitrogen and oxygen atoms in total.